The highest BCUT2D eigenvalue weighted by molar-refractivity contribution is 7.71. The Morgan fingerprint density at radius 1 is 1.19 bits per heavy atom. The molecule has 3 rings (SSSR count). The lowest BCUT2D eigenvalue weighted by Crippen LogP contribution is -2.11. The van der Waals surface area contributed by atoms with Gasteiger partial charge in [-0.1, -0.05) is 38.2 Å². The third kappa shape index (κ3) is 3.00. The summed E-state index contributed by atoms with van der Waals surface area (Å²) in [6, 6.07) is 6.76. The Morgan fingerprint density at radius 2 is 1.90 bits per heavy atom. The van der Waals surface area contributed by atoms with Crippen molar-refractivity contribution < 1.29 is 4.74 Å². The summed E-state index contributed by atoms with van der Waals surface area (Å²) < 4.78 is 8.90. The molecule has 4 heteroatoms. The van der Waals surface area contributed by atoms with Crippen molar-refractivity contribution in [2.24, 2.45) is 0 Å². The number of benzene rings is 1. The van der Waals surface area contributed by atoms with E-state index < -0.39 is 0 Å². The van der Waals surface area contributed by atoms with E-state index in [1.54, 1.807) is 0 Å². The molecule has 1 aromatic heterocycles. The molecule has 0 bridgehead atoms. The number of ether oxygens (including phenoxy) is 1. The number of para-hydroxylation sites is 1. The largest absolute Gasteiger partial charge is 0.492 e. The number of hydrogen-bond acceptors (Lipinski definition) is 2. The molecule has 114 valence electrons. The van der Waals surface area contributed by atoms with Crippen molar-refractivity contribution in [1.29, 1.82) is 0 Å². The molecule has 0 saturated heterocycles. The first-order valence-electron chi connectivity index (χ1n) is 8.17. The maximum Gasteiger partial charge on any atom is 0.178 e. The summed E-state index contributed by atoms with van der Waals surface area (Å²) >= 11 is 5.61. The van der Waals surface area contributed by atoms with Crippen LogP contribution in [0, 0.1) is 4.77 Å². The minimum atomic E-state index is 0.531. The first-order chi connectivity index (χ1) is 10.3. The summed E-state index contributed by atoms with van der Waals surface area (Å²) in [5.41, 5.74) is 2.24. The standard InChI is InChI=1S/C17H24N2OS/c1-2-20-15-12-8-11-14-16(15)18-17(21)19(14)13-9-6-4-3-5-7-10-13/h8,11-13H,2-7,9-10H2,1H3,(H,18,21). The summed E-state index contributed by atoms with van der Waals surface area (Å²) in [7, 11) is 0. The van der Waals surface area contributed by atoms with E-state index in [9.17, 15) is 0 Å². The average Bonchev–Trinajstić information content (AvgIpc) is 2.77. The zero-order chi connectivity index (χ0) is 14.7. The molecule has 1 aromatic carbocycles. The Labute approximate surface area is 131 Å². The average molecular weight is 304 g/mol. The van der Waals surface area contributed by atoms with Gasteiger partial charge >= 0.3 is 0 Å². The van der Waals surface area contributed by atoms with E-state index in [0.29, 0.717) is 12.6 Å². The Kier molecular flexibility index (Phi) is 4.63. The fraction of sp³-hybridized carbons (Fsp3) is 0.588. The maximum absolute atomic E-state index is 5.73. The third-order valence-corrected chi connectivity index (χ3v) is 4.75. The SMILES string of the molecule is CCOc1cccc2c1[nH]c(=S)n2C1CCCCCCC1. The summed E-state index contributed by atoms with van der Waals surface area (Å²) in [6.07, 6.45) is 9.20. The summed E-state index contributed by atoms with van der Waals surface area (Å²) in [4.78, 5) is 3.37. The number of aromatic nitrogens is 2. The van der Waals surface area contributed by atoms with Crippen LogP contribution in [0.15, 0.2) is 18.2 Å². The molecule has 0 unspecified atom stereocenters. The second-order valence-electron chi connectivity index (χ2n) is 5.88. The molecule has 1 saturated carbocycles. The molecule has 1 fully saturated rings. The van der Waals surface area contributed by atoms with E-state index in [1.165, 1.54) is 50.5 Å². The van der Waals surface area contributed by atoms with Gasteiger partial charge in [0.15, 0.2) is 4.77 Å². The molecule has 0 atom stereocenters. The van der Waals surface area contributed by atoms with Crippen molar-refractivity contribution in [3.63, 3.8) is 0 Å². The quantitative estimate of drug-likeness (QED) is 0.771. The summed E-state index contributed by atoms with van der Waals surface area (Å²) in [5, 5.41) is 0. The Morgan fingerprint density at radius 3 is 2.62 bits per heavy atom. The molecule has 2 aromatic rings. The predicted molar refractivity (Wildman–Crippen MR) is 89.6 cm³/mol. The van der Waals surface area contributed by atoms with E-state index in [1.807, 2.05) is 13.0 Å². The normalized spacial score (nSPS) is 17.6. The fourth-order valence-corrected chi connectivity index (χ4v) is 3.80. The Balaban J connectivity index is 2.03. The Bertz CT molecular complexity index is 650. The molecule has 3 nitrogen and oxygen atoms in total. The summed E-state index contributed by atoms with van der Waals surface area (Å²) in [6.45, 7) is 2.69. The van der Waals surface area contributed by atoms with Gasteiger partial charge in [-0.15, -0.1) is 0 Å². The molecule has 1 heterocycles. The number of rotatable bonds is 3. The van der Waals surface area contributed by atoms with Gasteiger partial charge in [0.05, 0.1) is 12.1 Å². The zero-order valence-electron chi connectivity index (χ0n) is 12.7. The van der Waals surface area contributed by atoms with E-state index in [0.717, 1.165) is 16.0 Å². The van der Waals surface area contributed by atoms with Crippen LogP contribution in [0.4, 0.5) is 0 Å². The first-order valence-corrected chi connectivity index (χ1v) is 8.58. The van der Waals surface area contributed by atoms with Crippen molar-refractivity contribution >= 4 is 23.3 Å². The van der Waals surface area contributed by atoms with Gasteiger partial charge in [-0.25, -0.2) is 0 Å². The Hall–Kier alpha value is -1.29. The number of H-pyrrole nitrogens is 1. The molecular weight excluding hydrogens is 280 g/mol. The third-order valence-electron chi connectivity index (χ3n) is 4.45. The van der Waals surface area contributed by atoms with Gasteiger partial charge < -0.3 is 14.3 Å². The van der Waals surface area contributed by atoms with Crippen LogP contribution < -0.4 is 4.74 Å². The molecule has 1 aliphatic carbocycles. The van der Waals surface area contributed by atoms with Crippen LogP contribution in [0.2, 0.25) is 0 Å². The van der Waals surface area contributed by atoms with Crippen LogP contribution >= 0.6 is 12.2 Å². The maximum atomic E-state index is 5.73. The molecule has 21 heavy (non-hydrogen) atoms. The second kappa shape index (κ2) is 6.65. The van der Waals surface area contributed by atoms with Gasteiger partial charge in [0.2, 0.25) is 0 Å². The minimum Gasteiger partial charge on any atom is -0.492 e. The van der Waals surface area contributed by atoms with Gasteiger partial charge in [-0.3, -0.25) is 0 Å². The lowest BCUT2D eigenvalue weighted by Gasteiger charge is -2.22. The van der Waals surface area contributed by atoms with E-state index in [2.05, 4.69) is 21.7 Å². The zero-order valence-corrected chi connectivity index (χ0v) is 13.5. The lowest BCUT2D eigenvalue weighted by atomic mass is 9.96. The number of imidazole rings is 1. The summed E-state index contributed by atoms with van der Waals surface area (Å²) in [5.74, 6) is 0.908. The highest BCUT2D eigenvalue weighted by Crippen LogP contribution is 2.32. The van der Waals surface area contributed by atoms with Gasteiger partial charge in [0, 0.05) is 6.04 Å². The van der Waals surface area contributed by atoms with Crippen molar-refractivity contribution in [1.82, 2.24) is 9.55 Å². The fourth-order valence-electron chi connectivity index (χ4n) is 3.45. The molecule has 1 N–H and O–H groups in total. The lowest BCUT2D eigenvalue weighted by molar-refractivity contribution is 0.343. The molecule has 0 radical (unpaired) electrons. The molecule has 0 amide bonds. The van der Waals surface area contributed by atoms with Crippen LogP contribution in [-0.4, -0.2) is 16.2 Å². The van der Waals surface area contributed by atoms with Crippen LogP contribution in [0.5, 0.6) is 5.75 Å². The number of nitrogens with zero attached hydrogens (tertiary/aromatic N) is 1. The molecular formula is C17H24N2OS. The molecule has 1 aliphatic rings. The highest BCUT2D eigenvalue weighted by Gasteiger charge is 2.18. The van der Waals surface area contributed by atoms with E-state index in [-0.39, 0.29) is 0 Å². The van der Waals surface area contributed by atoms with Gasteiger partial charge in [-0.05, 0) is 44.1 Å². The number of fused-ring (bicyclic) bond motifs is 1. The number of hydrogen-bond donors (Lipinski definition) is 1. The van der Waals surface area contributed by atoms with Crippen LogP contribution in [-0.2, 0) is 0 Å². The second-order valence-corrected chi connectivity index (χ2v) is 6.27. The first kappa shape index (κ1) is 14.6. The van der Waals surface area contributed by atoms with Gasteiger partial charge in [0.25, 0.3) is 0 Å². The predicted octanol–water partition coefficient (Wildman–Crippen LogP) is 5.38. The van der Waals surface area contributed by atoms with Crippen molar-refractivity contribution in [3.05, 3.63) is 23.0 Å². The van der Waals surface area contributed by atoms with Crippen molar-refractivity contribution in [2.75, 3.05) is 6.61 Å². The topological polar surface area (TPSA) is 29.9 Å². The van der Waals surface area contributed by atoms with Gasteiger partial charge in [-0.2, -0.15) is 0 Å². The van der Waals surface area contributed by atoms with Crippen LogP contribution in [0.25, 0.3) is 11.0 Å². The molecule has 0 aliphatic heterocycles. The minimum absolute atomic E-state index is 0.531. The van der Waals surface area contributed by atoms with E-state index >= 15 is 0 Å². The molecule has 0 spiro atoms. The van der Waals surface area contributed by atoms with Crippen molar-refractivity contribution in [2.45, 2.75) is 57.9 Å². The smallest absolute Gasteiger partial charge is 0.178 e. The number of nitrogens with one attached hydrogen (secondary N) is 1. The van der Waals surface area contributed by atoms with Gasteiger partial charge in [0.1, 0.15) is 11.3 Å². The number of aromatic amines is 1. The monoisotopic (exact) mass is 304 g/mol. The highest BCUT2D eigenvalue weighted by atomic mass is 32.1. The van der Waals surface area contributed by atoms with Crippen molar-refractivity contribution in [3.8, 4) is 5.75 Å². The van der Waals surface area contributed by atoms with Crippen LogP contribution in [0.3, 0.4) is 0 Å². The van der Waals surface area contributed by atoms with Crippen LogP contribution in [0.1, 0.15) is 57.9 Å². The van der Waals surface area contributed by atoms with E-state index in [4.69, 9.17) is 17.0 Å².